The average molecular weight is 344 g/mol. The number of nitrogens with one attached hydrogen (secondary N) is 1. The van der Waals surface area contributed by atoms with Gasteiger partial charge < -0.3 is 14.8 Å². The molecule has 4 saturated carbocycles. The fourth-order valence-corrected chi connectivity index (χ4v) is 6.29. The van der Waals surface area contributed by atoms with Crippen molar-refractivity contribution in [1.29, 1.82) is 0 Å². The number of benzene rings is 1. The van der Waals surface area contributed by atoms with Crippen molar-refractivity contribution in [2.24, 2.45) is 23.2 Å². The molecule has 4 bridgehead atoms. The molecule has 1 aromatic carbocycles. The average Bonchev–Trinajstić information content (AvgIpc) is 2.59. The van der Waals surface area contributed by atoms with Crippen LogP contribution in [0.3, 0.4) is 0 Å². The van der Waals surface area contributed by atoms with Gasteiger partial charge in [-0.1, -0.05) is 6.07 Å². The lowest BCUT2D eigenvalue weighted by Gasteiger charge is -2.59. The van der Waals surface area contributed by atoms with Gasteiger partial charge in [-0.15, -0.1) is 0 Å². The normalized spacial score (nSPS) is 34.1. The summed E-state index contributed by atoms with van der Waals surface area (Å²) < 4.78 is 11.1. The molecule has 0 aliphatic heterocycles. The van der Waals surface area contributed by atoms with E-state index in [1.54, 1.807) is 7.11 Å². The Morgan fingerprint density at radius 1 is 1.08 bits per heavy atom. The molecule has 0 saturated heterocycles. The maximum absolute atomic E-state index is 5.63. The van der Waals surface area contributed by atoms with Gasteiger partial charge in [0.25, 0.3) is 0 Å². The van der Waals surface area contributed by atoms with Crippen LogP contribution in [0.5, 0.6) is 11.5 Å². The van der Waals surface area contributed by atoms with Gasteiger partial charge in [-0.25, -0.2) is 0 Å². The molecular weight excluding hydrogens is 310 g/mol. The SMILES string of the molecule is CCOc1ccc(CN[C@H](C)C23CC4CC(CC(C4)C2)C3)cc1OC. The molecule has 4 aliphatic rings. The zero-order valence-corrected chi connectivity index (χ0v) is 16.0. The molecule has 4 fully saturated rings. The van der Waals surface area contributed by atoms with Gasteiger partial charge in [-0.2, -0.15) is 0 Å². The quantitative estimate of drug-likeness (QED) is 0.772. The van der Waals surface area contributed by atoms with E-state index in [0.717, 1.165) is 35.8 Å². The Hall–Kier alpha value is -1.22. The van der Waals surface area contributed by atoms with E-state index in [9.17, 15) is 0 Å². The summed E-state index contributed by atoms with van der Waals surface area (Å²) in [6, 6.07) is 6.91. The Labute approximate surface area is 152 Å². The number of methoxy groups -OCH3 is 1. The van der Waals surface area contributed by atoms with E-state index in [4.69, 9.17) is 9.47 Å². The van der Waals surface area contributed by atoms with Crippen LogP contribution in [0.25, 0.3) is 0 Å². The van der Waals surface area contributed by atoms with Gasteiger partial charge in [-0.3, -0.25) is 0 Å². The van der Waals surface area contributed by atoms with Gasteiger partial charge in [-0.05, 0) is 93.2 Å². The summed E-state index contributed by atoms with van der Waals surface area (Å²) in [5.74, 6) is 4.72. The van der Waals surface area contributed by atoms with Crippen LogP contribution < -0.4 is 14.8 Å². The van der Waals surface area contributed by atoms with Crippen LogP contribution in [0.1, 0.15) is 57.9 Å². The highest BCUT2D eigenvalue weighted by atomic mass is 16.5. The van der Waals surface area contributed by atoms with Crippen LogP contribution in [-0.2, 0) is 6.54 Å². The maximum atomic E-state index is 5.63. The lowest BCUT2D eigenvalue weighted by atomic mass is 9.48. The van der Waals surface area contributed by atoms with Crippen LogP contribution in [0.2, 0.25) is 0 Å². The van der Waals surface area contributed by atoms with E-state index in [1.165, 1.54) is 44.1 Å². The van der Waals surface area contributed by atoms with Gasteiger partial charge in [0.1, 0.15) is 0 Å². The third-order valence-corrected chi connectivity index (χ3v) is 7.14. The van der Waals surface area contributed by atoms with Crippen molar-refractivity contribution in [3.05, 3.63) is 23.8 Å². The number of hydrogen-bond acceptors (Lipinski definition) is 3. The first-order chi connectivity index (χ1) is 12.1. The third kappa shape index (κ3) is 3.28. The summed E-state index contributed by atoms with van der Waals surface area (Å²) in [7, 11) is 1.72. The van der Waals surface area contributed by atoms with E-state index in [2.05, 4.69) is 24.4 Å². The molecule has 5 rings (SSSR count). The molecule has 25 heavy (non-hydrogen) atoms. The maximum Gasteiger partial charge on any atom is 0.161 e. The first kappa shape index (κ1) is 17.2. The predicted octanol–water partition coefficient (Wildman–Crippen LogP) is 4.79. The zero-order valence-electron chi connectivity index (χ0n) is 16.0. The molecule has 1 atom stereocenters. The van der Waals surface area contributed by atoms with Crippen molar-refractivity contribution in [3.8, 4) is 11.5 Å². The summed E-state index contributed by atoms with van der Waals surface area (Å²) in [5.41, 5.74) is 1.83. The molecule has 138 valence electrons. The molecule has 0 unspecified atom stereocenters. The number of rotatable bonds is 7. The van der Waals surface area contributed by atoms with Crippen molar-refractivity contribution in [3.63, 3.8) is 0 Å². The molecule has 3 heteroatoms. The molecule has 3 nitrogen and oxygen atoms in total. The van der Waals surface area contributed by atoms with Crippen LogP contribution in [0, 0.1) is 23.2 Å². The van der Waals surface area contributed by atoms with Crippen molar-refractivity contribution in [2.45, 2.75) is 65.0 Å². The second-order valence-corrected chi connectivity index (χ2v) is 8.80. The topological polar surface area (TPSA) is 30.5 Å². The Morgan fingerprint density at radius 3 is 2.28 bits per heavy atom. The first-order valence-corrected chi connectivity index (χ1v) is 10.1. The predicted molar refractivity (Wildman–Crippen MR) is 101 cm³/mol. The zero-order chi connectivity index (χ0) is 17.4. The van der Waals surface area contributed by atoms with E-state index in [-0.39, 0.29) is 0 Å². The van der Waals surface area contributed by atoms with E-state index >= 15 is 0 Å². The minimum Gasteiger partial charge on any atom is -0.493 e. The van der Waals surface area contributed by atoms with Crippen molar-refractivity contribution in [2.75, 3.05) is 13.7 Å². The molecule has 0 spiro atoms. The van der Waals surface area contributed by atoms with Gasteiger partial charge >= 0.3 is 0 Å². The van der Waals surface area contributed by atoms with Gasteiger partial charge in [0.15, 0.2) is 11.5 Å². The molecule has 1 N–H and O–H groups in total. The largest absolute Gasteiger partial charge is 0.493 e. The first-order valence-electron chi connectivity index (χ1n) is 10.1. The Balaban J connectivity index is 1.41. The molecule has 0 radical (unpaired) electrons. The number of ether oxygens (including phenoxy) is 2. The highest BCUT2D eigenvalue weighted by Crippen LogP contribution is 2.61. The molecule has 1 aromatic rings. The number of hydrogen-bond donors (Lipinski definition) is 1. The fourth-order valence-electron chi connectivity index (χ4n) is 6.29. The van der Waals surface area contributed by atoms with Crippen LogP contribution in [0.15, 0.2) is 18.2 Å². The van der Waals surface area contributed by atoms with Gasteiger partial charge in [0.2, 0.25) is 0 Å². The highest BCUT2D eigenvalue weighted by Gasteiger charge is 2.52. The van der Waals surface area contributed by atoms with Crippen molar-refractivity contribution >= 4 is 0 Å². The summed E-state index contributed by atoms with van der Waals surface area (Å²) in [4.78, 5) is 0. The van der Waals surface area contributed by atoms with Crippen LogP contribution in [-0.4, -0.2) is 19.8 Å². The van der Waals surface area contributed by atoms with E-state index < -0.39 is 0 Å². The smallest absolute Gasteiger partial charge is 0.161 e. The lowest BCUT2D eigenvalue weighted by molar-refractivity contribution is -0.0706. The summed E-state index contributed by atoms with van der Waals surface area (Å²) in [5, 5.41) is 3.86. The molecule has 0 amide bonds. The monoisotopic (exact) mass is 343 g/mol. The minimum atomic E-state index is 0.560. The van der Waals surface area contributed by atoms with Crippen molar-refractivity contribution < 1.29 is 9.47 Å². The van der Waals surface area contributed by atoms with E-state index in [0.29, 0.717) is 18.1 Å². The van der Waals surface area contributed by atoms with Crippen LogP contribution >= 0.6 is 0 Å². The van der Waals surface area contributed by atoms with E-state index in [1.807, 2.05) is 13.0 Å². The summed E-state index contributed by atoms with van der Waals surface area (Å²) in [6.07, 6.45) is 8.92. The summed E-state index contributed by atoms with van der Waals surface area (Å²) >= 11 is 0. The molecule has 0 heterocycles. The van der Waals surface area contributed by atoms with Crippen LogP contribution in [0.4, 0.5) is 0 Å². The lowest BCUT2D eigenvalue weighted by Crippen LogP contribution is -2.54. The standard InChI is InChI=1S/C22H33NO2/c1-4-25-20-6-5-16(10-21(20)24-3)14-23-15(2)22-11-17-7-18(12-22)9-19(8-17)13-22/h5-6,10,15,17-19,23H,4,7-9,11-14H2,1-3H3/t15-,17?,18?,19?,22?/m1/s1. The molecule has 0 aromatic heterocycles. The second kappa shape index (κ2) is 6.83. The highest BCUT2D eigenvalue weighted by molar-refractivity contribution is 5.43. The van der Waals surface area contributed by atoms with Gasteiger partial charge in [0.05, 0.1) is 13.7 Å². The third-order valence-electron chi connectivity index (χ3n) is 7.14. The Kier molecular flexibility index (Phi) is 4.70. The minimum absolute atomic E-state index is 0.560. The molecule has 4 aliphatic carbocycles. The molecular formula is C22H33NO2. The van der Waals surface area contributed by atoms with Gasteiger partial charge in [0, 0.05) is 12.6 Å². The van der Waals surface area contributed by atoms with Crippen molar-refractivity contribution in [1.82, 2.24) is 5.32 Å². The Bertz CT molecular complexity index is 577. The fraction of sp³-hybridized carbons (Fsp3) is 0.727. The Morgan fingerprint density at radius 2 is 1.72 bits per heavy atom. The summed E-state index contributed by atoms with van der Waals surface area (Å²) in [6.45, 7) is 6.00. The second-order valence-electron chi connectivity index (χ2n) is 8.80.